The second kappa shape index (κ2) is 9.74. The largest absolute Gasteiger partial charge is 0.454 e. The highest BCUT2D eigenvalue weighted by Crippen LogP contribution is 2.39. The lowest BCUT2D eigenvalue weighted by Gasteiger charge is -2.23. The van der Waals surface area contributed by atoms with Crippen molar-refractivity contribution in [3.05, 3.63) is 89.5 Å². The molecule has 0 aromatic heterocycles. The van der Waals surface area contributed by atoms with Gasteiger partial charge in [0.2, 0.25) is 12.7 Å². The molecule has 0 saturated carbocycles. The SMILES string of the molecule is Cc1ccc(C2=NN(C3=NC(=O)[C@H](CC(=O)Nc4ccc5c(c4)OCO5)S3)[C@H](c3ccccc3)C2)cc1. The first kappa shape index (κ1) is 23.3. The molecule has 9 heteroatoms. The Labute approximate surface area is 218 Å². The number of amidine groups is 1. The third-order valence-electron chi connectivity index (χ3n) is 6.43. The molecule has 0 fully saturated rings. The summed E-state index contributed by atoms with van der Waals surface area (Å²) in [5.74, 6) is 0.623. The zero-order valence-electron chi connectivity index (χ0n) is 20.1. The lowest BCUT2D eigenvalue weighted by Crippen LogP contribution is -2.25. The van der Waals surface area contributed by atoms with Gasteiger partial charge in [0.1, 0.15) is 5.25 Å². The summed E-state index contributed by atoms with van der Waals surface area (Å²) in [6, 6.07) is 23.5. The fraction of sp³-hybridized carbons (Fsp3) is 0.214. The number of carbonyl (C=O) groups is 2. The second-order valence-corrected chi connectivity index (χ2v) is 10.2. The van der Waals surface area contributed by atoms with Gasteiger partial charge in [-0.3, -0.25) is 9.59 Å². The van der Waals surface area contributed by atoms with Crippen LogP contribution in [0.3, 0.4) is 0 Å². The van der Waals surface area contributed by atoms with E-state index < -0.39 is 5.25 Å². The Morgan fingerprint density at radius 3 is 2.65 bits per heavy atom. The van der Waals surface area contributed by atoms with E-state index in [1.54, 1.807) is 18.2 Å². The number of hydrogen-bond donors (Lipinski definition) is 1. The number of thioether (sulfide) groups is 1. The molecular weight excluding hydrogens is 488 g/mol. The van der Waals surface area contributed by atoms with E-state index in [0.717, 1.165) is 16.8 Å². The van der Waals surface area contributed by atoms with Gasteiger partial charge in [0.15, 0.2) is 16.7 Å². The first-order valence-corrected chi connectivity index (χ1v) is 12.9. The molecule has 3 aliphatic heterocycles. The number of hydrogen-bond acceptors (Lipinski definition) is 7. The predicted octanol–water partition coefficient (Wildman–Crippen LogP) is 4.90. The van der Waals surface area contributed by atoms with Crippen molar-refractivity contribution >= 4 is 40.1 Å². The van der Waals surface area contributed by atoms with E-state index >= 15 is 0 Å². The monoisotopic (exact) mass is 512 g/mol. The van der Waals surface area contributed by atoms with Crippen molar-refractivity contribution in [1.82, 2.24) is 5.01 Å². The van der Waals surface area contributed by atoms with Crippen molar-refractivity contribution in [2.75, 3.05) is 12.1 Å². The Bertz CT molecular complexity index is 1420. The molecule has 2 atom stereocenters. The molecule has 0 spiro atoms. The van der Waals surface area contributed by atoms with Crippen LogP contribution in [0.5, 0.6) is 11.5 Å². The minimum atomic E-state index is -0.612. The zero-order valence-corrected chi connectivity index (χ0v) is 20.9. The molecule has 0 radical (unpaired) electrons. The van der Waals surface area contributed by atoms with Crippen LogP contribution in [0.1, 0.15) is 35.6 Å². The van der Waals surface area contributed by atoms with Gasteiger partial charge in [-0.15, -0.1) is 0 Å². The number of amides is 2. The maximum Gasteiger partial charge on any atom is 0.262 e. The smallest absolute Gasteiger partial charge is 0.262 e. The molecule has 3 aromatic rings. The Morgan fingerprint density at radius 2 is 1.84 bits per heavy atom. The van der Waals surface area contributed by atoms with E-state index in [-0.39, 0.29) is 31.1 Å². The number of aliphatic imine (C=N–C) groups is 1. The van der Waals surface area contributed by atoms with Crippen LogP contribution < -0.4 is 14.8 Å². The Kier molecular flexibility index (Phi) is 6.13. The number of ether oxygens (including phenoxy) is 2. The van der Waals surface area contributed by atoms with Crippen molar-refractivity contribution in [1.29, 1.82) is 0 Å². The average molecular weight is 513 g/mol. The molecule has 6 rings (SSSR count). The van der Waals surface area contributed by atoms with Gasteiger partial charge < -0.3 is 14.8 Å². The number of nitrogens with zero attached hydrogens (tertiary/aromatic N) is 3. The first-order valence-electron chi connectivity index (χ1n) is 12.0. The number of benzene rings is 3. The molecule has 0 bridgehead atoms. The van der Waals surface area contributed by atoms with Crippen molar-refractivity contribution < 1.29 is 19.1 Å². The normalized spacial score (nSPS) is 20.1. The molecule has 0 unspecified atom stereocenters. The van der Waals surface area contributed by atoms with Crippen LogP contribution in [0.4, 0.5) is 5.69 Å². The highest BCUT2D eigenvalue weighted by molar-refractivity contribution is 8.15. The second-order valence-electron chi connectivity index (χ2n) is 9.05. The quantitative estimate of drug-likeness (QED) is 0.523. The number of carbonyl (C=O) groups excluding carboxylic acids is 2. The summed E-state index contributed by atoms with van der Waals surface area (Å²) in [7, 11) is 0. The van der Waals surface area contributed by atoms with Crippen molar-refractivity contribution in [2.45, 2.75) is 31.1 Å². The van der Waals surface area contributed by atoms with Gasteiger partial charge in [-0.05, 0) is 30.2 Å². The molecule has 0 aliphatic carbocycles. The van der Waals surface area contributed by atoms with Gasteiger partial charge in [0, 0.05) is 24.6 Å². The maximum atomic E-state index is 12.8. The van der Waals surface area contributed by atoms with E-state index in [1.165, 1.54) is 17.3 Å². The van der Waals surface area contributed by atoms with Crippen LogP contribution >= 0.6 is 11.8 Å². The van der Waals surface area contributed by atoms with Crippen LogP contribution in [0.15, 0.2) is 82.9 Å². The first-order chi connectivity index (χ1) is 18.0. The number of fused-ring (bicyclic) bond motifs is 1. The van der Waals surface area contributed by atoms with Crippen LogP contribution in [0.25, 0.3) is 0 Å². The summed E-state index contributed by atoms with van der Waals surface area (Å²) in [6.45, 7) is 2.21. The number of aryl methyl sites for hydroxylation is 1. The maximum absolute atomic E-state index is 12.8. The predicted molar refractivity (Wildman–Crippen MR) is 143 cm³/mol. The van der Waals surface area contributed by atoms with Gasteiger partial charge in [-0.1, -0.05) is 71.9 Å². The molecule has 3 heterocycles. The molecule has 1 N–H and O–H groups in total. The van der Waals surface area contributed by atoms with Gasteiger partial charge in [0.05, 0.1) is 11.8 Å². The van der Waals surface area contributed by atoms with Crippen LogP contribution in [-0.2, 0) is 9.59 Å². The lowest BCUT2D eigenvalue weighted by atomic mass is 9.98. The molecule has 8 nitrogen and oxygen atoms in total. The molecule has 2 amide bonds. The number of hydrazone groups is 1. The Balaban J connectivity index is 1.18. The van der Waals surface area contributed by atoms with Crippen molar-refractivity contribution in [3.8, 4) is 11.5 Å². The minimum absolute atomic E-state index is 0.00329. The summed E-state index contributed by atoms with van der Waals surface area (Å²) in [6.07, 6.45) is 0.694. The molecular formula is C28H24N4O4S. The topological polar surface area (TPSA) is 92.6 Å². The van der Waals surface area contributed by atoms with Crippen molar-refractivity contribution in [3.63, 3.8) is 0 Å². The molecule has 3 aliphatic rings. The number of nitrogens with one attached hydrogen (secondary N) is 1. The Morgan fingerprint density at radius 1 is 1.05 bits per heavy atom. The molecule has 0 saturated heterocycles. The van der Waals surface area contributed by atoms with Crippen LogP contribution in [-0.4, -0.2) is 39.7 Å². The van der Waals surface area contributed by atoms with E-state index in [2.05, 4.69) is 53.6 Å². The van der Waals surface area contributed by atoms with Crippen molar-refractivity contribution in [2.24, 2.45) is 10.1 Å². The fourth-order valence-corrected chi connectivity index (χ4v) is 5.56. The fourth-order valence-electron chi connectivity index (χ4n) is 4.50. The van der Waals surface area contributed by atoms with Gasteiger partial charge in [0.25, 0.3) is 5.91 Å². The average Bonchev–Trinajstić information content (AvgIpc) is 3.63. The molecule has 3 aromatic carbocycles. The van der Waals surface area contributed by atoms with E-state index in [4.69, 9.17) is 14.6 Å². The number of anilines is 1. The summed E-state index contributed by atoms with van der Waals surface area (Å²) >= 11 is 1.29. The standard InChI is InChI=1S/C28H24N4O4S/c1-17-7-9-18(10-8-17)21-14-22(19-5-3-2-4-6-19)32(31-21)28-30-27(34)25(37-28)15-26(33)29-20-11-12-23-24(13-20)36-16-35-23/h2-13,22,25H,14-16H2,1H3,(H,29,33)/t22-,25-/m0/s1. The van der Waals surface area contributed by atoms with E-state index in [0.29, 0.717) is 28.8 Å². The van der Waals surface area contributed by atoms with Gasteiger partial charge in [-0.25, -0.2) is 5.01 Å². The highest BCUT2D eigenvalue weighted by atomic mass is 32.2. The summed E-state index contributed by atoms with van der Waals surface area (Å²) in [5.41, 5.74) is 4.84. The van der Waals surface area contributed by atoms with Gasteiger partial charge in [-0.2, -0.15) is 10.1 Å². The Hall–Kier alpha value is -4.11. The molecule has 37 heavy (non-hydrogen) atoms. The number of rotatable bonds is 5. The van der Waals surface area contributed by atoms with Crippen LogP contribution in [0.2, 0.25) is 0 Å². The van der Waals surface area contributed by atoms with E-state index in [9.17, 15) is 9.59 Å². The third kappa shape index (κ3) is 4.82. The molecule has 186 valence electrons. The van der Waals surface area contributed by atoms with Gasteiger partial charge >= 0.3 is 0 Å². The van der Waals surface area contributed by atoms with E-state index in [1.807, 2.05) is 23.2 Å². The lowest BCUT2D eigenvalue weighted by molar-refractivity contribution is -0.121. The van der Waals surface area contributed by atoms with Crippen LogP contribution in [0, 0.1) is 6.92 Å². The minimum Gasteiger partial charge on any atom is -0.454 e. The summed E-state index contributed by atoms with van der Waals surface area (Å²) < 4.78 is 10.7. The zero-order chi connectivity index (χ0) is 25.4. The summed E-state index contributed by atoms with van der Waals surface area (Å²) in [4.78, 5) is 29.9. The summed E-state index contributed by atoms with van der Waals surface area (Å²) in [5, 5.41) is 9.48. The third-order valence-corrected chi connectivity index (χ3v) is 7.57. The highest BCUT2D eigenvalue weighted by Gasteiger charge is 2.39.